The van der Waals surface area contributed by atoms with Gasteiger partial charge in [-0.25, -0.2) is 4.98 Å². The summed E-state index contributed by atoms with van der Waals surface area (Å²) in [5.41, 5.74) is 5.54. The average molecular weight is 305 g/mol. The van der Waals surface area contributed by atoms with Crippen molar-refractivity contribution in [2.45, 2.75) is 0 Å². The first-order valence-electron chi connectivity index (χ1n) is 7.09. The van der Waals surface area contributed by atoms with Crippen LogP contribution in [0.1, 0.15) is 0 Å². The Morgan fingerprint density at radius 1 is 0.727 bits per heavy atom. The third-order valence-electron chi connectivity index (χ3n) is 3.80. The molecule has 0 saturated heterocycles. The molecule has 2 aromatic heterocycles. The van der Waals surface area contributed by atoms with Gasteiger partial charge in [0.25, 0.3) is 0 Å². The molecule has 2 nitrogen and oxygen atoms in total. The Morgan fingerprint density at radius 3 is 2.00 bits per heavy atom. The summed E-state index contributed by atoms with van der Waals surface area (Å²) in [7, 11) is 0. The van der Waals surface area contributed by atoms with Crippen LogP contribution in [0.3, 0.4) is 0 Å². The van der Waals surface area contributed by atoms with Crippen molar-refractivity contribution in [2.75, 3.05) is 0 Å². The zero-order valence-corrected chi connectivity index (χ0v) is 12.5. The van der Waals surface area contributed by atoms with Crippen molar-refractivity contribution in [1.29, 1.82) is 0 Å². The van der Waals surface area contributed by atoms with E-state index in [1.54, 1.807) is 0 Å². The molecule has 0 radical (unpaired) electrons. The smallest absolute Gasteiger partial charge is 0.137 e. The van der Waals surface area contributed by atoms with Crippen LogP contribution in [0, 0.1) is 0 Å². The van der Waals surface area contributed by atoms with Gasteiger partial charge in [0, 0.05) is 28.4 Å². The molecule has 22 heavy (non-hydrogen) atoms. The van der Waals surface area contributed by atoms with Gasteiger partial charge in [-0.05, 0) is 41.0 Å². The second-order valence-corrected chi connectivity index (χ2v) is 5.66. The van der Waals surface area contributed by atoms with Crippen LogP contribution in [0.4, 0.5) is 0 Å². The number of pyridine rings is 1. The normalized spacial score (nSPS) is 11.0. The minimum absolute atomic E-state index is 0.756. The fraction of sp³-hybridized carbons (Fsp3) is 0. The highest BCUT2D eigenvalue weighted by Gasteiger charge is 2.03. The molecule has 0 bridgehead atoms. The summed E-state index contributed by atoms with van der Waals surface area (Å²) in [6.07, 6.45) is 3.81. The standard InChI is InChI=1S/C19H13ClN2/c20-18-7-5-14(6-8-18)13-1-3-15(4-2-13)17-11-16-9-10-21-19(16)22-12-17/h1-12H,(H,21,22). The lowest BCUT2D eigenvalue weighted by molar-refractivity contribution is 1.33. The Balaban J connectivity index is 1.70. The van der Waals surface area contributed by atoms with E-state index < -0.39 is 0 Å². The highest BCUT2D eigenvalue weighted by Crippen LogP contribution is 2.26. The Hall–Kier alpha value is -2.58. The molecule has 0 unspecified atom stereocenters. The first-order valence-corrected chi connectivity index (χ1v) is 7.47. The first-order chi connectivity index (χ1) is 10.8. The van der Waals surface area contributed by atoms with Gasteiger partial charge in [-0.1, -0.05) is 48.0 Å². The summed E-state index contributed by atoms with van der Waals surface area (Å²) in [6, 6.07) is 20.6. The predicted molar refractivity (Wildman–Crippen MR) is 92.0 cm³/mol. The maximum atomic E-state index is 5.93. The topological polar surface area (TPSA) is 28.7 Å². The second-order valence-electron chi connectivity index (χ2n) is 5.22. The van der Waals surface area contributed by atoms with E-state index in [1.807, 2.05) is 42.7 Å². The maximum absolute atomic E-state index is 5.93. The third-order valence-corrected chi connectivity index (χ3v) is 4.05. The number of halogens is 1. The van der Waals surface area contributed by atoms with Crippen LogP contribution < -0.4 is 0 Å². The van der Waals surface area contributed by atoms with Crippen molar-refractivity contribution in [2.24, 2.45) is 0 Å². The van der Waals surface area contributed by atoms with Crippen molar-refractivity contribution >= 4 is 22.6 Å². The lowest BCUT2D eigenvalue weighted by atomic mass is 10.0. The molecule has 4 rings (SSSR count). The lowest BCUT2D eigenvalue weighted by Gasteiger charge is -2.05. The highest BCUT2D eigenvalue weighted by molar-refractivity contribution is 6.30. The summed E-state index contributed by atoms with van der Waals surface area (Å²) in [5.74, 6) is 0. The maximum Gasteiger partial charge on any atom is 0.137 e. The van der Waals surface area contributed by atoms with Crippen LogP contribution >= 0.6 is 11.6 Å². The number of nitrogens with one attached hydrogen (secondary N) is 1. The number of nitrogens with zero attached hydrogens (tertiary/aromatic N) is 1. The molecule has 2 aromatic carbocycles. The Labute approximate surface area is 133 Å². The van der Waals surface area contributed by atoms with Gasteiger partial charge in [0.05, 0.1) is 0 Å². The molecule has 0 amide bonds. The molecule has 0 spiro atoms. The summed E-state index contributed by atoms with van der Waals surface area (Å²) >= 11 is 5.93. The molecule has 1 N–H and O–H groups in total. The lowest BCUT2D eigenvalue weighted by Crippen LogP contribution is -1.83. The van der Waals surface area contributed by atoms with Crippen LogP contribution in [-0.2, 0) is 0 Å². The minimum atomic E-state index is 0.756. The van der Waals surface area contributed by atoms with E-state index in [4.69, 9.17) is 11.6 Å². The van der Waals surface area contributed by atoms with Gasteiger partial charge in [0.15, 0.2) is 0 Å². The zero-order valence-electron chi connectivity index (χ0n) is 11.8. The van der Waals surface area contributed by atoms with Crippen LogP contribution in [0.5, 0.6) is 0 Å². The Morgan fingerprint density at radius 2 is 1.32 bits per heavy atom. The van der Waals surface area contributed by atoms with Gasteiger partial charge < -0.3 is 4.98 Å². The number of benzene rings is 2. The van der Waals surface area contributed by atoms with Crippen molar-refractivity contribution < 1.29 is 0 Å². The minimum Gasteiger partial charge on any atom is -0.346 e. The monoisotopic (exact) mass is 304 g/mol. The number of hydrogen-bond acceptors (Lipinski definition) is 1. The molecule has 0 aliphatic carbocycles. The average Bonchev–Trinajstić information content (AvgIpc) is 3.03. The summed E-state index contributed by atoms with van der Waals surface area (Å²) in [4.78, 5) is 7.55. The van der Waals surface area contributed by atoms with E-state index in [9.17, 15) is 0 Å². The van der Waals surface area contributed by atoms with Crippen molar-refractivity contribution in [1.82, 2.24) is 9.97 Å². The quantitative estimate of drug-likeness (QED) is 0.516. The van der Waals surface area contributed by atoms with Crippen molar-refractivity contribution in [3.63, 3.8) is 0 Å². The number of H-pyrrole nitrogens is 1. The van der Waals surface area contributed by atoms with Gasteiger partial charge in [-0.3, -0.25) is 0 Å². The van der Waals surface area contributed by atoms with Gasteiger partial charge in [-0.2, -0.15) is 0 Å². The summed E-state index contributed by atoms with van der Waals surface area (Å²) < 4.78 is 0. The molecule has 4 aromatic rings. The number of aromatic amines is 1. The van der Waals surface area contributed by atoms with Gasteiger partial charge in [-0.15, -0.1) is 0 Å². The molecule has 0 aliphatic rings. The van der Waals surface area contributed by atoms with E-state index in [1.165, 1.54) is 5.56 Å². The Kier molecular flexibility index (Phi) is 3.17. The van der Waals surface area contributed by atoms with Gasteiger partial charge in [0.1, 0.15) is 5.65 Å². The molecule has 2 heterocycles. The summed E-state index contributed by atoms with van der Waals surface area (Å²) in [6.45, 7) is 0. The predicted octanol–water partition coefficient (Wildman–Crippen LogP) is 5.55. The molecular formula is C19H13ClN2. The first kappa shape index (κ1) is 13.1. The van der Waals surface area contributed by atoms with Crippen LogP contribution in [0.15, 0.2) is 73.1 Å². The zero-order chi connectivity index (χ0) is 14.9. The number of aromatic nitrogens is 2. The van der Waals surface area contributed by atoms with E-state index in [2.05, 4.69) is 40.3 Å². The molecule has 0 fully saturated rings. The number of hydrogen-bond donors (Lipinski definition) is 1. The van der Waals surface area contributed by atoms with E-state index >= 15 is 0 Å². The molecule has 0 aliphatic heterocycles. The molecule has 0 saturated carbocycles. The van der Waals surface area contributed by atoms with Crippen molar-refractivity contribution in [3.8, 4) is 22.3 Å². The Bertz CT molecular complexity index is 922. The van der Waals surface area contributed by atoms with Gasteiger partial charge >= 0.3 is 0 Å². The van der Waals surface area contributed by atoms with E-state index in [-0.39, 0.29) is 0 Å². The second kappa shape index (κ2) is 5.32. The number of rotatable bonds is 2. The van der Waals surface area contributed by atoms with E-state index in [0.29, 0.717) is 0 Å². The fourth-order valence-electron chi connectivity index (χ4n) is 2.60. The number of fused-ring (bicyclic) bond motifs is 1. The van der Waals surface area contributed by atoms with Crippen molar-refractivity contribution in [3.05, 3.63) is 78.1 Å². The molecule has 106 valence electrons. The van der Waals surface area contributed by atoms with Crippen LogP contribution in [0.2, 0.25) is 5.02 Å². The van der Waals surface area contributed by atoms with Gasteiger partial charge in [0.2, 0.25) is 0 Å². The molecule has 3 heteroatoms. The molecular weight excluding hydrogens is 292 g/mol. The largest absolute Gasteiger partial charge is 0.346 e. The van der Waals surface area contributed by atoms with Crippen LogP contribution in [0.25, 0.3) is 33.3 Å². The highest BCUT2D eigenvalue weighted by atomic mass is 35.5. The van der Waals surface area contributed by atoms with Crippen LogP contribution in [-0.4, -0.2) is 9.97 Å². The fourth-order valence-corrected chi connectivity index (χ4v) is 2.72. The van der Waals surface area contributed by atoms with E-state index in [0.717, 1.165) is 32.7 Å². The summed E-state index contributed by atoms with van der Waals surface area (Å²) in [5, 5.41) is 1.88. The molecule has 0 atom stereocenters. The third kappa shape index (κ3) is 2.38. The SMILES string of the molecule is Clc1ccc(-c2ccc(-c3cnc4[nH]ccc4c3)cc2)cc1.